The Morgan fingerprint density at radius 3 is 2.80 bits per heavy atom. The van der Waals surface area contributed by atoms with Crippen LogP contribution in [0.2, 0.25) is 0 Å². The molecule has 2 nitrogen and oxygen atoms in total. The molecule has 0 unspecified atom stereocenters. The Kier molecular flexibility index (Phi) is 2.49. The topological polar surface area (TPSA) is 29.1 Å². The minimum Gasteiger partial charge on any atom is -0.352 e. The molecular weight excluding hydrogens is 126 g/mol. The lowest BCUT2D eigenvalue weighted by molar-refractivity contribution is -0.127. The molecule has 1 N–H and O–H groups in total. The number of carbonyl (C=O) groups excluding carboxylic acids is 1. The summed E-state index contributed by atoms with van der Waals surface area (Å²) in [6, 6.07) is 0. The number of carbonyl (C=O) groups is 1. The Morgan fingerprint density at radius 1 is 1.70 bits per heavy atom. The molecule has 1 amide bonds. The van der Waals surface area contributed by atoms with Crippen LogP contribution in [0.4, 0.5) is 0 Å². The molecule has 1 aliphatic carbocycles. The molecule has 0 heterocycles. The quantitative estimate of drug-likeness (QED) is 0.582. The Hall–Kier alpha value is -0.790. The lowest BCUT2D eigenvalue weighted by Gasteiger charge is -2.23. The molecule has 1 aliphatic rings. The summed E-state index contributed by atoms with van der Waals surface area (Å²) in [5.74, 6) is 0.506. The van der Waals surface area contributed by atoms with Gasteiger partial charge < -0.3 is 5.32 Å². The molecule has 1 fully saturated rings. The van der Waals surface area contributed by atoms with Gasteiger partial charge in [0.25, 0.3) is 0 Å². The van der Waals surface area contributed by atoms with Crippen molar-refractivity contribution in [1.29, 1.82) is 0 Å². The maximum atomic E-state index is 11.0. The van der Waals surface area contributed by atoms with E-state index in [1.54, 1.807) is 6.08 Å². The molecular formula is C8H13NO. The third kappa shape index (κ3) is 1.59. The second-order valence-electron chi connectivity index (χ2n) is 2.66. The molecule has 0 aromatic heterocycles. The highest BCUT2D eigenvalue weighted by Gasteiger charge is 2.24. The van der Waals surface area contributed by atoms with Gasteiger partial charge in [-0.3, -0.25) is 4.79 Å². The summed E-state index contributed by atoms with van der Waals surface area (Å²) in [6.07, 6.45) is 5.06. The van der Waals surface area contributed by atoms with Gasteiger partial charge in [-0.15, -0.1) is 6.58 Å². The normalized spacial score (nSPS) is 17.6. The van der Waals surface area contributed by atoms with E-state index >= 15 is 0 Å². The van der Waals surface area contributed by atoms with E-state index in [0.717, 1.165) is 12.8 Å². The van der Waals surface area contributed by atoms with Crippen molar-refractivity contribution in [3.05, 3.63) is 12.7 Å². The van der Waals surface area contributed by atoms with Gasteiger partial charge in [0, 0.05) is 12.5 Å². The van der Waals surface area contributed by atoms with Crippen LogP contribution < -0.4 is 5.32 Å². The molecule has 0 radical (unpaired) electrons. The SMILES string of the molecule is C=CCNC(=O)C1CCC1. The van der Waals surface area contributed by atoms with Gasteiger partial charge in [-0.1, -0.05) is 12.5 Å². The van der Waals surface area contributed by atoms with Crippen LogP contribution in [0, 0.1) is 5.92 Å². The van der Waals surface area contributed by atoms with Crippen LogP contribution in [-0.2, 0) is 4.79 Å². The van der Waals surface area contributed by atoms with Gasteiger partial charge in [0.15, 0.2) is 0 Å². The standard InChI is InChI=1S/C8H13NO/c1-2-6-9-8(10)7-4-3-5-7/h2,7H,1,3-6H2,(H,9,10). The second kappa shape index (κ2) is 3.40. The average molecular weight is 139 g/mol. The molecule has 2 heteroatoms. The van der Waals surface area contributed by atoms with E-state index in [4.69, 9.17) is 0 Å². The van der Waals surface area contributed by atoms with Crippen LogP contribution in [0.25, 0.3) is 0 Å². The predicted octanol–water partition coefficient (Wildman–Crippen LogP) is 1.09. The van der Waals surface area contributed by atoms with Crippen LogP contribution in [0.1, 0.15) is 19.3 Å². The first-order valence-electron chi connectivity index (χ1n) is 3.73. The van der Waals surface area contributed by atoms with Crippen molar-refractivity contribution in [3.63, 3.8) is 0 Å². The first-order chi connectivity index (χ1) is 4.84. The molecule has 56 valence electrons. The van der Waals surface area contributed by atoms with Gasteiger partial charge in [0.1, 0.15) is 0 Å². The van der Waals surface area contributed by atoms with E-state index in [-0.39, 0.29) is 5.91 Å². The number of amides is 1. The largest absolute Gasteiger partial charge is 0.352 e. The van der Waals surface area contributed by atoms with E-state index in [2.05, 4.69) is 11.9 Å². The van der Waals surface area contributed by atoms with Gasteiger partial charge in [0.2, 0.25) is 5.91 Å². The molecule has 0 bridgehead atoms. The summed E-state index contributed by atoms with van der Waals surface area (Å²) in [4.78, 5) is 11.0. The van der Waals surface area contributed by atoms with E-state index in [1.807, 2.05) is 0 Å². The van der Waals surface area contributed by atoms with Gasteiger partial charge in [-0.05, 0) is 12.8 Å². The Bertz CT molecular complexity index is 138. The third-order valence-corrected chi connectivity index (χ3v) is 1.90. The zero-order chi connectivity index (χ0) is 7.40. The summed E-state index contributed by atoms with van der Waals surface area (Å²) in [5, 5.41) is 2.78. The molecule has 0 aromatic carbocycles. The first kappa shape index (κ1) is 7.32. The van der Waals surface area contributed by atoms with E-state index < -0.39 is 0 Å². The van der Waals surface area contributed by atoms with Crippen molar-refractivity contribution in [2.45, 2.75) is 19.3 Å². The fourth-order valence-corrected chi connectivity index (χ4v) is 0.988. The summed E-state index contributed by atoms with van der Waals surface area (Å²) < 4.78 is 0. The zero-order valence-electron chi connectivity index (χ0n) is 6.10. The van der Waals surface area contributed by atoms with Crippen LogP contribution in [-0.4, -0.2) is 12.5 Å². The van der Waals surface area contributed by atoms with Crippen molar-refractivity contribution in [3.8, 4) is 0 Å². The number of hydrogen-bond donors (Lipinski definition) is 1. The van der Waals surface area contributed by atoms with Crippen LogP contribution in [0.3, 0.4) is 0 Å². The van der Waals surface area contributed by atoms with Crippen LogP contribution >= 0.6 is 0 Å². The molecule has 1 rings (SSSR count). The summed E-state index contributed by atoms with van der Waals surface area (Å²) >= 11 is 0. The third-order valence-electron chi connectivity index (χ3n) is 1.90. The lowest BCUT2D eigenvalue weighted by Crippen LogP contribution is -2.34. The van der Waals surface area contributed by atoms with Crippen molar-refractivity contribution >= 4 is 5.91 Å². The fraction of sp³-hybridized carbons (Fsp3) is 0.625. The molecule has 0 aliphatic heterocycles. The highest BCUT2D eigenvalue weighted by Crippen LogP contribution is 2.25. The van der Waals surface area contributed by atoms with E-state index in [0.29, 0.717) is 12.5 Å². The van der Waals surface area contributed by atoms with E-state index in [1.165, 1.54) is 6.42 Å². The first-order valence-corrected chi connectivity index (χ1v) is 3.73. The van der Waals surface area contributed by atoms with Crippen molar-refractivity contribution in [2.75, 3.05) is 6.54 Å². The highest BCUT2D eigenvalue weighted by atomic mass is 16.1. The number of hydrogen-bond acceptors (Lipinski definition) is 1. The summed E-state index contributed by atoms with van der Waals surface area (Å²) in [5.41, 5.74) is 0. The minimum atomic E-state index is 0.200. The van der Waals surface area contributed by atoms with Gasteiger partial charge >= 0.3 is 0 Å². The maximum absolute atomic E-state index is 11.0. The lowest BCUT2D eigenvalue weighted by atomic mass is 9.85. The molecule has 0 aromatic rings. The average Bonchev–Trinajstić information content (AvgIpc) is 1.79. The second-order valence-corrected chi connectivity index (χ2v) is 2.66. The van der Waals surface area contributed by atoms with Gasteiger partial charge in [0.05, 0.1) is 0 Å². The Labute approximate surface area is 61.3 Å². The molecule has 0 atom stereocenters. The Balaban J connectivity index is 2.13. The fourth-order valence-electron chi connectivity index (χ4n) is 0.988. The van der Waals surface area contributed by atoms with Crippen molar-refractivity contribution < 1.29 is 4.79 Å². The van der Waals surface area contributed by atoms with E-state index in [9.17, 15) is 4.79 Å². The number of nitrogens with one attached hydrogen (secondary N) is 1. The molecule has 0 spiro atoms. The summed E-state index contributed by atoms with van der Waals surface area (Å²) in [6.45, 7) is 4.13. The highest BCUT2D eigenvalue weighted by molar-refractivity contribution is 5.79. The molecule has 10 heavy (non-hydrogen) atoms. The minimum absolute atomic E-state index is 0.200. The maximum Gasteiger partial charge on any atom is 0.223 e. The molecule has 0 saturated heterocycles. The van der Waals surface area contributed by atoms with Gasteiger partial charge in [-0.25, -0.2) is 0 Å². The van der Waals surface area contributed by atoms with Crippen LogP contribution in [0.5, 0.6) is 0 Å². The van der Waals surface area contributed by atoms with Crippen molar-refractivity contribution in [1.82, 2.24) is 5.32 Å². The monoisotopic (exact) mass is 139 g/mol. The van der Waals surface area contributed by atoms with Crippen molar-refractivity contribution in [2.24, 2.45) is 5.92 Å². The Morgan fingerprint density at radius 2 is 2.40 bits per heavy atom. The number of rotatable bonds is 3. The zero-order valence-corrected chi connectivity index (χ0v) is 6.10. The smallest absolute Gasteiger partial charge is 0.223 e. The summed E-state index contributed by atoms with van der Waals surface area (Å²) in [7, 11) is 0. The van der Waals surface area contributed by atoms with Gasteiger partial charge in [-0.2, -0.15) is 0 Å². The van der Waals surface area contributed by atoms with Crippen LogP contribution in [0.15, 0.2) is 12.7 Å². The predicted molar refractivity (Wildman–Crippen MR) is 40.5 cm³/mol. The molecule has 1 saturated carbocycles.